The number of hydrogen-bond donors (Lipinski definition) is 0. The summed E-state index contributed by atoms with van der Waals surface area (Å²) < 4.78 is 5.14. The van der Waals surface area contributed by atoms with Crippen molar-refractivity contribution in [2.75, 3.05) is 0 Å². The van der Waals surface area contributed by atoms with E-state index >= 15 is 0 Å². The SMILES string of the molecule is [C-]#[N+]c1ccc(C(=O)O[C@@H](C)CC)cc1. The Morgan fingerprint density at radius 1 is 1.47 bits per heavy atom. The van der Waals surface area contributed by atoms with E-state index in [0.717, 1.165) is 6.42 Å². The van der Waals surface area contributed by atoms with E-state index in [-0.39, 0.29) is 12.1 Å². The highest BCUT2D eigenvalue weighted by molar-refractivity contribution is 5.89. The van der Waals surface area contributed by atoms with Crippen molar-refractivity contribution in [3.05, 3.63) is 41.2 Å². The van der Waals surface area contributed by atoms with E-state index in [1.165, 1.54) is 0 Å². The highest BCUT2D eigenvalue weighted by Crippen LogP contribution is 2.14. The largest absolute Gasteiger partial charge is 0.459 e. The van der Waals surface area contributed by atoms with E-state index in [1.54, 1.807) is 24.3 Å². The molecule has 78 valence electrons. The van der Waals surface area contributed by atoms with Crippen molar-refractivity contribution in [1.29, 1.82) is 0 Å². The van der Waals surface area contributed by atoms with Crippen LogP contribution in [0.25, 0.3) is 4.85 Å². The minimum Gasteiger partial charge on any atom is -0.459 e. The van der Waals surface area contributed by atoms with Gasteiger partial charge in [0.05, 0.1) is 18.2 Å². The lowest BCUT2D eigenvalue weighted by atomic mass is 10.2. The summed E-state index contributed by atoms with van der Waals surface area (Å²) >= 11 is 0. The predicted octanol–water partition coefficient (Wildman–Crippen LogP) is 3.19. The summed E-state index contributed by atoms with van der Waals surface area (Å²) in [6.07, 6.45) is 0.726. The van der Waals surface area contributed by atoms with Crippen molar-refractivity contribution in [1.82, 2.24) is 0 Å². The Kier molecular flexibility index (Phi) is 3.87. The third kappa shape index (κ3) is 3.10. The molecule has 0 aliphatic carbocycles. The van der Waals surface area contributed by atoms with Gasteiger partial charge in [0, 0.05) is 0 Å². The van der Waals surface area contributed by atoms with Crippen molar-refractivity contribution in [2.24, 2.45) is 0 Å². The second-order valence-corrected chi connectivity index (χ2v) is 3.28. The van der Waals surface area contributed by atoms with Gasteiger partial charge in [0.2, 0.25) is 0 Å². The van der Waals surface area contributed by atoms with Gasteiger partial charge in [0.25, 0.3) is 0 Å². The van der Waals surface area contributed by atoms with E-state index in [2.05, 4.69) is 4.85 Å². The van der Waals surface area contributed by atoms with Crippen LogP contribution >= 0.6 is 0 Å². The Morgan fingerprint density at radius 3 is 2.53 bits per heavy atom. The first kappa shape index (κ1) is 11.3. The zero-order valence-corrected chi connectivity index (χ0v) is 8.86. The minimum atomic E-state index is -0.333. The van der Waals surface area contributed by atoms with Gasteiger partial charge in [-0.15, -0.1) is 0 Å². The van der Waals surface area contributed by atoms with Crippen LogP contribution in [0.3, 0.4) is 0 Å². The molecule has 0 amide bonds. The number of ether oxygens (including phenoxy) is 1. The molecule has 3 nitrogen and oxygen atoms in total. The standard InChI is InChI=1S/C12H13NO2/c1-4-9(2)15-12(14)10-5-7-11(13-3)8-6-10/h5-9H,4H2,1-2H3/t9-/m0/s1. The Labute approximate surface area is 89.5 Å². The van der Waals surface area contributed by atoms with Crippen molar-refractivity contribution in [3.63, 3.8) is 0 Å². The third-order valence-electron chi connectivity index (χ3n) is 2.12. The number of hydrogen-bond acceptors (Lipinski definition) is 2. The Morgan fingerprint density at radius 2 is 2.07 bits per heavy atom. The Balaban J connectivity index is 2.71. The molecule has 0 aromatic heterocycles. The van der Waals surface area contributed by atoms with Crippen LogP contribution < -0.4 is 0 Å². The fourth-order valence-electron chi connectivity index (χ4n) is 1.01. The molecule has 1 rings (SSSR count). The quantitative estimate of drug-likeness (QED) is 0.558. The Hall–Kier alpha value is -1.82. The van der Waals surface area contributed by atoms with Crippen LogP contribution in [0, 0.1) is 6.57 Å². The predicted molar refractivity (Wildman–Crippen MR) is 57.9 cm³/mol. The molecule has 0 N–H and O–H groups in total. The maximum absolute atomic E-state index is 11.5. The molecule has 0 saturated carbocycles. The van der Waals surface area contributed by atoms with Crippen LogP contribution in [0.4, 0.5) is 5.69 Å². The average Bonchev–Trinajstić information content (AvgIpc) is 2.29. The number of benzene rings is 1. The first-order valence-electron chi connectivity index (χ1n) is 4.86. The van der Waals surface area contributed by atoms with Gasteiger partial charge in [-0.05, 0) is 13.3 Å². The van der Waals surface area contributed by atoms with Gasteiger partial charge in [-0.1, -0.05) is 31.2 Å². The summed E-state index contributed by atoms with van der Waals surface area (Å²) in [5.74, 6) is -0.333. The molecule has 0 heterocycles. The van der Waals surface area contributed by atoms with Crippen LogP contribution in [0.1, 0.15) is 30.6 Å². The van der Waals surface area contributed by atoms with Crippen molar-refractivity contribution < 1.29 is 9.53 Å². The molecule has 0 spiro atoms. The summed E-state index contributed by atoms with van der Waals surface area (Å²) in [7, 11) is 0. The molecule has 0 bridgehead atoms. The minimum absolute atomic E-state index is 0.0713. The van der Waals surface area contributed by atoms with Crippen LogP contribution in [0.5, 0.6) is 0 Å². The summed E-state index contributed by atoms with van der Waals surface area (Å²) in [5.41, 5.74) is 1.01. The van der Waals surface area contributed by atoms with Crippen LogP contribution in [0.15, 0.2) is 24.3 Å². The average molecular weight is 203 g/mol. The van der Waals surface area contributed by atoms with E-state index < -0.39 is 0 Å². The lowest BCUT2D eigenvalue weighted by Crippen LogP contribution is -2.13. The van der Waals surface area contributed by atoms with E-state index in [4.69, 9.17) is 11.3 Å². The fourth-order valence-corrected chi connectivity index (χ4v) is 1.01. The normalized spacial score (nSPS) is 11.5. The first-order valence-corrected chi connectivity index (χ1v) is 4.86. The number of esters is 1. The van der Waals surface area contributed by atoms with Crippen LogP contribution in [0.2, 0.25) is 0 Å². The molecule has 0 aliphatic rings. The summed E-state index contributed by atoms with van der Waals surface area (Å²) in [6.45, 7) is 10.6. The second kappa shape index (κ2) is 5.16. The maximum atomic E-state index is 11.5. The number of nitrogens with zero attached hydrogens (tertiary/aromatic N) is 1. The van der Waals surface area contributed by atoms with Gasteiger partial charge >= 0.3 is 5.97 Å². The molecular formula is C12H13NO2. The van der Waals surface area contributed by atoms with Gasteiger partial charge < -0.3 is 4.74 Å². The molecule has 0 fully saturated rings. The second-order valence-electron chi connectivity index (χ2n) is 3.28. The van der Waals surface area contributed by atoms with E-state index in [1.807, 2.05) is 13.8 Å². The first-order chi connectivity index (χ1) is 7.17. The number of carbonyl (C=O) groups excluding carboxylic acids is 1. The number of carbonyl (C=O) groups is 1. The molecule has 0 aliphatic heterocycles. The lowest BCUT2D eigenvalue weighted by Gasteiger charge is -2.10. The lowest BCUT2D eigenvalue weighted by molar-refractivity contribution is 0.0334. The molecule has 0 unspecified atom stereocenters. The molecule has 15 heavy (non-hydrogen) atoms. The monoisotopic (exact) mass is 203 g/mol. The molecule has 0 radical (unpaired) electrons. The van der Waals surface area contributed by atoms with E-state index in [9.17, 15) is 4.79 Å². The van der Waals surface area contributed by atoms with Crippen molar-refractivity contribution in [2.45, 2.75) is 26.4 Å². The smallest absolute Gasteiger partial charge is 0.338 e. The van der Waals surface area contributed by atoms with Gasteiger partial charge in [-0.2, -0.15) is 0 Å². The third-order valence-corrected chi connectivity index (χ3v) is 2.12. The summed E-state index contributed by atoms with van der Waals surface area (Å²) in [5, 5.41) is 0. The van der Waals surface area contributed by atoms with Gasteiger partial charge in [-0.25, -0.2) is 9.64 Å². The summed E-state index contributed by atoms with van der Waals surface area (Å²) in [4.78, 5) is 14.8. The molecule has 1 aromatic rings. The molecule has 1 aromatic carbocycles. The van der Waals surface area contributed by atoms with Crippen molar-refractivity contribution in [3.8, 4) is 0 Å². The number of rotatable bonds is 3. The van der Waals surface area contributed by atoms with Crippen LogP contribution in [-0.2, 0) is 4.74 Å². The zero-order chi connectivity index (χ0) is 11.3. The van der Waals surface area contributed by atoms with Gasteiger partial charge in [-0.3, -0.25) is 0 Å². The maximum Gasteiger partial charge on any atom is 0.338 e. The molecular weight excluding hydrogens is 190 g/mol. The van der Waals surface area contributed by atoms with Gasteiger partial charge in [0.1, 0.15) is 0 Å². The molecule has 3 heteroatoms. The fraction of sp³-hybridized carbons (Fsp3) is 0.333. The highest BCUT2D eigenvalue weighted by Gasteiger charge is 2.09. The van der Waals surface area contributed by atoms with Gasteiger partial charge in [0.15, 0.2) is 5.69 Å². The Bertz CT molecular complexity index is 376. The van der Waals surface area contributed by atoms with Crippen molar-refractivity contribution >= 4 is 11.7 Å². The molecule has 1 atom stereocenters. The van der Waals surface area contributed by atoms with E-state index in [0.29, 0.717) is 11.3 Å². The highest BCUT2D eigenvalue weighted by atomic mass is 16.5. The zero-order valence-electron chi connectivity index (χ0n) is 8.86. The van der Waals surface area contributed by atoms with Crippen LogP contribution in [-0.4, -0.2) is 12.1 Å². The summed E-state index contributed by atoms with van der Waals surface area (Å²) in [6, 6.07) is 6.44. The molecule has 0 saturated heterocycles. The topological polar surface area (TPSA) is 30.7 Å².